The maximum Gasteiger partial charge on any atom is 0.0690 e. The third-order valence-corrected chi connectivity index (χ3v) is 6.72. The van der Waals surface area contributed by atoms with Gasteiger partial charge in [-0.2, -0.15) is 5.10 Å². The quantitative estimate of drug-likeness (QED) is 0.911. The molecule has 2 N–H and O–H groups in total. The van der Waals surface area contributed by atoms with E-state index in [9.17, 15) is 0 Å². The van der Waals surface area contributed by atoms with E-state index in [2.05, 4.69) is 21.0 Å². The van der Waals surface area contributed by atoms with Crippen molar-refractivity contribution in [2.75, 3.05) is 0 Å². The molecule has 0 aliphatic heterocycles. The normalized spacial score (nSPS) is 40.2. The first-order chi connectivity index (χ1) is 9.55. The molecule has 1 heterocycles. The topological polar surface area (TPSA) is 43.8 Å². The molecule has 110 valence electrons. The van der Waals surface area contributed by atoms with Gasteiger partial charge in [-0.3, -0.25) is 4.68 Å². The molecule has 3 nitrogen and oxygen atoms in total. The number of nitrogens with zero attached hydrogens (tertiary/aromatic N) is 2. The lowest BCUT2D eigenvalue weighted by Crippen LogP contribution is -2.47. The zero-order chi connectivity index (χ0) is 13.9. The highest BCUT2D eigenvalue weighted by molar-refractivity contribution is 9.10. The summed E-state index contributed by atoms with van der Waals surface area (Å²) in [5.74, 6) is 3.01. The van der Waals surface area contributed by atoms with E-state index in [1.54, 1.807) is 0 Å². The van der Waals surface area contributed by atoms with Crippen LogP contribution in [0.15, 0.2) is 10.7 Å². The van der Waals surface area contributed by atoms with Gasteiger partial charge in [-0.15, -0.1) is 0 Å². The molecule has 20 heavy (non-hydrogen) atoms. The van der Waals surface area contributed by atoms with E-state index in [4.69, 9.17) is 5.73 Å². The van der Waals surface area contributed by atoms with Gasteiger partial charge in [-0.25, -0.2) is 0 Å². The van der Waals surface area contributed by atoms with Crippen molar-refractivity contribution in [1.29, 1.82) is 0 Å². The predicted molar refractivity (Wildman–Crippen MR) is 83.1 cm³/mol. The summed E-state index contributed by atoms with van der Waals surface area (Å²) in [7, 11) is 2.00. The number of aryl methyl sites for hydroxylation is 1. The molecule has 0 saturated heterocycles. The number of aromatic nitrogens is 2. The minimum atomic E-state index is 0.119. The maximum absolute atomic E-state index is 6.57. The zero-order valence-electron chi connectivity index (χ0n) is 12.2. The van der Waals surface area contributed by atoms with Crippen LogP contribution in [0.5, 0.6) is 0 Å². The molecule has 4 saturated carbocycles. The van der Waals surface area contributed by atoms with Gasteiger partial charge in [0.1, 0.15) is 0 Å². The van der Waals surface area contributed by atoms with E-state index in [0.29, 0.717) is 5.41 Å². The van der Waals surface area contributed by atoms with E-state index in [1.807, 2.05) is 17.9 Å². The zero-order valence-corrected chi connectivity index (χ0v) is 13.8. The Balaban J connectivity index is 1.57. The Morgan fingerprint density at radius 3 is 2.30 bits per heavy atom. The fraction of sp³-hybridized carbons (Fsp3) is 0.812. The molecule has 0 spiro atoms. The average Bonchev–Trinajstić information content (AvgIpc) is 2.66. The standard InChI is InChI=1S/C16H24BrN3/c1-20-15(13(17)9-19-20)14(18)8-16-5-10-2-11(6-16)4-12(3-10)7-16/h9-12,14H,2-8,18H2,1H3. The second-order valence-electron chi connectivity index (χ2n) is 7.73. The van der Waals surface area contributed by atoms with Gasteiger partial charge in [-0.1, -0.05) is 0 Å². The van der Waals surface area contributed by atoms with Crippen LogP contribution in [0.1, 0.15) is 56.7 Å². The summed E-state index contributed by atoms with van der Waals surface area (Å²) in [5.41, 5.74) is 8.28. The molecule has 0 amide bonds. The summed E-state index contributed by atoms with van der Waals surface area (Å²) in [5, 5.41) is 4.32. The molecule has 4 aliphatic carbocycles. The Morgan fingerprint density at radius 2 is 1.85 bits per heavy atom. The van der Waals surface area contributed by atoms with Crippen LogP contribution in [0.3, 0.4) is 0 Å². The Morgan fingerprint density at radius 1 is 1.30 bits per heavy atom. The molecule has 1 unspecified atom stereocenters. The van der Waals surface area contributed by atoms with E-state index < -0.39 is 0 Å². The highest BCUT2D eigenvalue weighted by atomic mass is 79.9. The summed E-state index contributed by atoms with van der Waals surface area (Å²) in [6.07, 6.45) is 11.8. The monoisotopic (exact) mass is 337 g/mol. The fourth-order valence-electron chi connectivity index (χ4n) is 5.94. The van der Waals surface area contributed by atoms with Crippen molar-refractivity contribution in [2.45, 2.75) is 51.0 Å². The molecule has 4 aliphatic rings. The van der Waals surface area contributed by atoms with Crippen LogP contribution in [-0.2, 0) is 7.05 Å². The van der Waals surface area contributed by atoms with Gasteiger partial charge in [0.05, 0.1) is 16.4 Å². The van der Waals surface area contributed by atoms with Crippen LogP contribution in [0.25, 0.3) is 0 Å². The average molecular weight is 338 g/mol. The van der Waals surface area contributed by atoms with Gasteiger partial charge in [0.2, 0.25) is 0 Å². The molecular weight excluding hydrogens is 314 g/mol. The fourth-order valence-corrected chi connectivity index (χ4v) is 6.58. The Hall–Kier alpha value is -0.350. The van der Waals surface area contributed by atoms with Gasteiger partial charge in [0.25, 0.3) is 0 Å². The van der Waals surface area contributed by atoms with E-state index in [-0.39, 0.29) is 6.04 Å². The molecule has 1 atom stereocenters. The first-order valence-electron chi connectivity index (χ1n) is 7.98. The van der Waals surface area contributed by atoms with Gasteiger partial charge in [-0.05, 0) is 84.0 Å². The van der Waals surface area contributed by atoms with Crippen molar-refractivity contribution in [3.63, 3.8) is 0 Å². The molecule has 1 aromatic rings. The lowest BCUT2D eigenvalue weighted by atomic mass is 9.48. The van der Waals surface area contributed by atoms with Gasteiger partial charge in [0.15, 0.2) is 0 Å². The molecule has 4 heteroatoms. The second-order valence-corrected chi connectivity index (χ2v) is 8.58. The molecular formula is C16H24BrN3. The van der Waals surface area contributed by atoms with Gasteiger partial charge in [0, 0.05) is 13.1 Å². The predicted octanol–water partition coefficient (Wildman–Crippen LogP) is 3.79. The first kappa shape index (κ1) is 13.3. The third kappa shape index (κ3) is 2.07. The molecule has 0 aromatic carbocycles. The number of nitrogens with two attached hydrogens (primary N) is 1. The summed E-state index contributed by atoms with van der Waals surface area (Å²) in [6.45, 7) is 0. The van der Waals surface area contributed by atoms with Crippen molar-refractivity contribution in [1.82, 2.24) is 9.78 Å². The summed E-state index contributed by atoms with van der Waals surface area (Å²) < 4.78 is 3.01. The molecule has 1 aromatic heterocycles. The summed E-state index contributed by atoms with van der Waals surface area (Å²) in [4.78, 5) is 0. The number of rotatable bonds is 3. The molecule has 0 radical (unpaired) electrons. The first-order valence-corrected chi connectivity index (χ1v) is 8.77. The van der Waals surface area contributed by atoms with E-state index in [0.717, 1.165) is 28.6 Å². The van der Waals surface area contributed by atoms with Gasteiger partial charge < -0.3 is 5.73 Å². The summed E-state index contributed by atoms with van der Waals surface area (Å²) in [6, 6.07) is 0.119. The Bertz CT molecular complexity index is 467. The smallest absolute Gasteiger partial charge is 0.0690 e. The minimum absolute atomic E-state index is 0.119. The van der Waals surface area contributed by atoms with Crippen LogP contribution in [0.2, 0.25) is 0 Å². The molecule has 5 rings (SSSR count). The van der Waals surface area contributed by atoms with Crippen LogP contribution in [0.4, 0.5) is 0 Å². The largest absolute Gasteiger partial charge is 0.323 e. The van der Waals surface area contributed by atoms with Crippen molar-refractivity contribution in [3.05, 3.63) is 16.4 Å². The van der Waals surface area contributed by atoms with Crippen molar-refractivity contribution < 1.29 is 0 Å². The Labute approximate surface area is 129 Å². The minimum Gasteiger partial charge on any atom is -0.323 e. The lowest BCUT2D eigenvalue weighted by Gasteiger charge is -2.57. The number of halogens is 1. The van der Waals surface area contributed by atoms with Crippen LogP contribution >= 0.6 is 15.9 Å². The van der Waals surface area contributed by atoms with E-state index >= 15 is 0 Å². The third-order valence-electron chi connectivity index (χ3n) is 6.11. The number of hydrogen-bond acceptors (Lipinski definition) is 2. The highest BCUT2D eigenvalue weighted by Crippen LogP contribution is 2.62. The highest BCUT2D eigenvalue weighted by Gasteiger charge is 2.51. The van der Waals surface area contributed by atoms with Crippen molar-refractivity contribution in [2.24, 2.45) is 36.0 Å². The van der Waals surface area contributed by atoms with Crippen LogP contribution in [0, 0.1) is 23.2 Å². The molecule has 4 fully saturated rings. The van der Waals surface area contributed by atoms with Crippen molar-refractivity contribution >= 4 is 15.9 Å². The number of hydrogen-bond donors (Lipinski definition) is 1. The maximum atomic E-state index is 6.57. The van der Waals surface area contributed by atoms with Crippen molar-refractivity contribution in [3.8, 4) is 0 Å². The van der Waals surface area contributed by atoms with Gasteiger partial charge >= 0.3 is 0 Å². The van der Waals surface area contributed by atoms with E-state index in [1.165, 1.54) is 44.2 Å². The van der Waals surface area contributed by atoms with Crippen LogP contribution in [-0.4, -0.2) is 9.78 Å². The van der Waals surface area contributed by atoms with Crippen LogP contribution < -0.4 is 5.73 Å². The summed E-state index contributed by atoms with van der Waals surface area (Å²) >= 11 is 3.61. The lowest BCUT2D eigenvalue weighted by molar-refractivity contribution is -0.0608. The SMILES string of the molecule is Cn1ncc(Br)c1C(N)CC12CC3CC(CC(C3)C1)C2. The Kier molecular flexibility index (Phi) is 3.05. The molecule has 4 bridgehead atoms. The second kappa shape index (κ2) is 4.57.